The zero-order chi connectivity index (χ0) is 24.1. The van der Waals surface area contributed by atoms with Crippen molar-refractivity contribution in [2.75, 3.05) is 36.2 Å². The maximum absolute atomic E-state index is 6.51. The highest BCUT2D eigenvalue weighted by molar-refractivity contribution is 8.00. The Morgan fingerprint density at radius 3 is 1.54 bits per heavy atom. The maximum Gasteiger partial charge on any atom is 0.127 e. The fraction of sp³-hybridized carbons (Fsp3) is 0.355. The molecule has 182 valence electrons. The SMILES string of the molecule is CC1(C)CSCCCOc2ccc3ccccc3c2-c2c(ccc3ccccc23)OCCCSC1. The van der Waals surface area contributed by atoms with Crippen LogP contribution in [-0.2, 0) is 0 Å². The van der Waals surface area contributed by atoms with Crippen LogP contribution in [0.5, 0.6) is 11.5 Å². The smallest absolute Gasteiger partial charge is 0.127 e. The van der Waals surface area contributed by atoms with Gasteiger partial charge in [0.25, 0.3) is 0 Å². The Morgan fingerprint density at radius 1 is 0.600 bits per heavy atom. The molecule has 4 heteroatoms. The van der Waals surface area contributed by atoms with Gasteiger partial charge >= 0.3 is 0 Å². The molecule has 1 aliphatic heterocycles. The summed E-state index contributed by atoms with van der Waals surface area (Å²) in [6.45, 7) is 6.21. The van der Waals surface area contributed by atoms with E-state index in [1.807, 2.05) is 0 Å². The molecule has 4 aromatic rings. The van der Waals surface area contributed by atoms with E-state index in [0.29, 0.717) is 18.6 Å². The molecule has 0 radical (unpaired) electrons. The molecule has 0 aromatic heterocycles. The molecule has 0 atom stereocenters. The van der Waals surface area contributed by atoms with Gasteiger partial charge in [0.2, 0.25) is 0 Å². The minimum absolute atomic E-state index is 0.349. The van der Waals surface area contributed by atoms with Crippen molar-refractivity contribution in [3.63, 3.8) is 0 Å². The average Bonchev–Trinajstić information content (AvgIpc) is 2.87. The molecule has 1 aliphatic rings. The predicted molar refractivity (Wildman–Crippen MR) is 156 cm³/mol. The van der Waals surface area contributed by atoms with Crippen LogP contribution in [0.2, 0.25) is 0 Å². The van der Waals surface area contributed by atoms with Gasteiger partial charge in [-0.05, 0) is 74.9 Å². The van der Waals surface area contributed by atoms with E-state index >= 15 is 0 Å². The number of hydrogen-bond acceptors (Lipinski definition) is 4. The first-order valence-corrected chi connectivity index (χ1v) is 14.9. The van der Waals surface area contributed by atoms with Crippen molar-refractivity contribution < 1.29 is 9.47 Å². The summed E-state index contributed by atoms with van der Waals surface area (Å²) in [7, 11) is 0. The molecule has 0 fully saturated rings. The highest BCUT2D eigenvalue weighted by Crippen LogP contribution is 2.45. The first kappa shape index (κ1) is 24.4. The molecule has 5 rings (SSSR count). The summed E-state index contributed by atoms with van der Waals surface area (Å²) in [4.78, 5) is 0. The molecule has 2 nitrogen and oxygen atoms in total. The van der Waals surface area contributed by atoms with Gasteiger partial charge in [0.15, 0.2) is 0 Å². The van der Waals surface area contributed by atoms with E-state index in [-0.39, 0.29) is 0 Å². The summed E-state index contributed by atoms with van der Waals surface area (Å²) >= 11 is 4.11. The Balaban J connectivity index is 1.61. The molecule has 0 saturated heterocycles. The summed E-state index contributed by atoms with van der Waals surface area (Å²) in [6.07, 6.45) is 2.08. The van der Waals surface area contributed by atoms with Gasteiger partial charge in [-0.3, -0.25) is 0 Å². The zero-order valence-corrected chi connectivity index (χ0v) is 22.4. The number of thioether (sulfide) groups is 2. The van der Waals surface area contributed by atoms with E-state index in [2.05, 4.69) is 110 Å². The van der Waals surface area contributed by atoms with Crippen molar-refractivity contribution in [3.05, 3.63) is 72.8 Å². The highest BCUT2D eigenvalue weighted by atomic mass is 32.2. The van der Waals surface area contributed by atoms with Gasteiger partial charge in [-0.25, -0.2) is 0 Å². The molecule has 0 bridgehead atoms. The lowest BCUT2D eigenvalue weighted by Crippen LogP contribution is -2.19. The molecule has 0 aliphatic carbocycles. The molecule has 35 heavy (non-hydrogen) atoms. The third kappa shape index (κ3) is 5.76. The Labute approximate surface area is 217 Å². The van der Waals surface area contributed by atoms with Crippen molar-refractivity contribution in [1.29, 1.82) is 0 Å². The van der Waals surface area contributed by atoms with Crippen LogP contribution in [0.3, 0.4) is 0 Å². The summed E-state index contributed by atoms with van der Waals surface area (Å²) < 4.78 is 13.0. The van der Waals surface area contributed by atoms with Gasteiger partial charge in [-0.15, -0.1) is 0 Å². The van der Waals surface area contributed by atoms with E-state index in [1.165, 1.54) is 33.1 Å². The van der Waals surface area contributed by atoms with Crippen molar-refractivity contribution in [2.45, 2.75) is 26.7 Å². The van der Waals surface area contributed by atoms with Crippen molar-refractivity contribution >= 4 is 45.1 Å². The Bertz CT molecular complexity index is 1200. The van der Waals surface area contributed by atoms with Gasteiger partial charge < -0.3 is 9.47 Å². The number of hydrogen-bond donors (Lipinski definition) is 0. The van der Waals surface area contributed by atoms with Crippen LogP contribution in [0, 0.1) is 5.41 Å². The first-order valence-electron chi connectivity index (χ1n) is 12.6. The van der Waals surface area contributed by atoms with Gasteiger partial charge in [0, 0.05) is 11.1 Å². The third-order valence-electron chi connectivity index (χ3n) is 6.40. The molecule has 0 spiro atoms. The molecule has 4 aromatic carbocycles. The fourth-order valence-corrected chi connectivity index (χ4v) is 7.06. The highest BCUT2D eigenvalue weighted by Gasteiger charge is 2.20. The van der Waals surface area contributed by atoms with E-state index in [0.717, 1.165) is 47.0 Å². The first-order chi connectivity index (χ1) is 17.1. The molecular weight excluding hydrogens is 468 g/mol. The Hall–Kier alpha value is -2.30. The van der Waals surface area contributed by atoms with Crippen LogP contribution in [-0.4, -0.2) is 36.2 Å². The molecule has 0 amide bonds. The lowest BCUT2D eigenvalue weighted by atomic mass is 9.92. The lowest BCUT2D eigenvalue weighted by molar-refractivity contribution is 0.316. The van der Waals surface area contributed by atoms with Crippen molar-refractivity contribution in [2.24, 2.45) is 5.41 Å². The standard InChI is InChI=1S/C31H34O2S2/c1-31(2)21-34-19-7-17-32-27-15-13-23-9-3-5-11-25(23)29(27)30-26-12-6-4-10-24(26)14-16-28(30)33-18-8-20-35-22-31/h3-6,9-16H,7-8,17-22H2,1-2H3. The van der Waals surface area contributed by atoms with Crippen LogP contribution in [0.15, 0.2) is 72.8 Å². The molecular formula is C31H34O2S2. The van der Waals surface area contributed by atoms with E-state index < -0.39 is 0 Å². The number of ether oxygens (including phenoxy) is 2. The number of benzene rings is 4. The quantitative estimate of drug-likeness (QED) is 0.239. The third-order valence-corrected chi connectivity index (χ3v) is 9.52. The molecule has 0 saturated carbocycles. The summed E-state index contributed by atoms with van der Waals surface area (Å²) in [5.41, 5.74) is 2.63. The molecule has 0 N–H and O–H groups in total. The van der Waals surface area contributed by atoms with Crippen LogP contribution >= 0.6 is 23.5 Å². The summed E-state index contributed by atoms with van der Waals surface area (Å²) in [5, 5.41) is 4.84. The van der Waals surface area contributed by atoms with Crippen LogP contribution in [0.4, 0.5) is 0 Å². The molecule has 0 unspecified atom stereocenters. The van der Waals surface area contributed by atoms with Crippen LogP contribution in [0.25, 0.3) is 32.7 Å². The second-order valence-electron chi connectivity index (χ2n) is 9.99. The fourth-order valence-electron chi connectivity index (χ4n) is 4.68. The number of fused-ring (bicyclic) bond motifs is 7. The van der Waals surface area contributed by atoms with Gasteiger partial charge in [0.1, 0.15) is 11.5 Å². The maximum atomic E-state index is 6.51. The Kier molecular flexibility index (Phi) is 7.79. The van der Waals surface area contributed by atoms with E-state index in [4.69, 9.17) is 9.47 Å². The predicted octanol–water partition coefficient (Wildman–Crippen LogP) is 8.70. The summed E-state index contributed by atoms with van der Waals surface area (Å²) in [6, 6.07) is 25.9. The second kappa shape index (κ2) is 11.2. The second-order valence-corrected chi connectivity index (χ2v) is 12.2. The normalized spacial score (nSPS) is 17.5. The molecule has 1 heterocycles. The van der Waals surface area contributed by atoms with Crippen LogP contribution < -0.4 is 9.47 Å². The van der Waals surface area contributed by atoms with Crippen LogP contribution in [0.1, 0.15) is 26.7 Å². The Morgan fingerprint density at radius 2 is 1.06 bits per heavy atom. The topological polar surface area (TPSA) is 18.5 Å². The number of rotatable bonds is 0. The zero-order valence-electron chi connectivity index (χ0n) is 20.7. The van der Waals surface area contributed by atoms with E-state index in [1.54, 1.807) is 0 Å². The van der Waals surface area contributed by atoms with Crippen molar-refractivity contribution in [3.8, 4) is 22.6 Å². The summed E-state index contributed by atoms with van der Waals surface area (Å²) in [5.74, 6) is 6.51. The van der Waals surface area contributed by atoms with Gasteiger partial charge in [0.05, 0.1) is 13.2 Å². The largest absolute Gasteiger partial charge is 0.493 e. The van der Waals surface area contributed by atoms with Gasteiger partial charge in [-0.1, -0.05) is 74.5 Å². The van der Waals surface area contributed by atoms with E-state index in [9.17, 15) is 0 Å². The lowest BCUT2D eigenvalue weighted by Gasteiger charge is -2.23. The minimum atomic E-state index is 0.349. The monoisotopic (exact) mass is 502 g/mol. The van der Waals surface area contributed by atoms with Crippen molar-refractivity contribution in [1.82, 2.24) is 0 Å². The minimum Gasteiger partial charge on any atom is -0.493 e. The van der Waals surface area contributed by atoms with Gasteiger partial charge in [-0.2, -0.15) is 23.5 Å². The average molecular weight is 503 g/mol.